The third-order valence-electron chi connectivity index (χ3n) is 3.54. The molecule has 0 bridgehead atoms. The van der Waals surface area contributed by atoms with Crippen LogP contribution in [0.25, 0.3) is 0 Å². The molecule has 0 aromatic heterocycles. The van der Waals surface area contributed by atoms with Gasteiger partial charge in [-0.05, 0) is 36.3 Å². The Hall–Kier alpha value is -0.860. The van der Waals surface area contributed by atoms with Crippen molar-refractivity contribution in [2.24, 2.45) is 5.90 Å². The molecule has 16 heavy (non-hydrogen) atoms. The minimum atomic E-state index is 0.605. The maximum atomic E-state index is 5.06. The van der Waals surface area contributed by atoms with E-state index in [0.717, 1.165) is 12.3 Å². The molecule has 2 heteroatoms. The van der Waals surface area contributed by atoms with Crippen molar-refractivity contribution in [1.82, 2.24) is 0 Å². The summed E-state index contributed by atoms with van der Waals surface area (Å²) in [6.07, 6.45) is 7.82. The average molecular weight is 219 g/mol. The molecule has 2 N–H and O–H groups in total. The fourth-order valence-corrected chi connectivity index (χ4v) is 2.62. The molecule has 1 saturated carbocycles. The highest BCUT2D eigenvalue weighted by Crippen LogP contribution is 2.32. The molecule has 0 saturated heterocycles. The highest BCUT2D eigenvalue weighted by atomic mass is 16.6. The zero-order chi connectivity index (χ0) is 11.2. The van der Waals surface area contributed by atoms with Crippen LogP contribution < -0.4 is 5.90 Å². The van der Waals surface area contributed by atoms with Crippen molar-refractivity contribution in [2.75, 3.05) is 6.61 Å². The molecule has 1 fully saturated rings. The van der Waals surface area contributed by atoms with E-state index in [1.807, 2.05) is 0 Å². The van der Waals surface area contributed by atoms with Crippen molar-refractivity contribution in [2.45, 2.75) is 44.4 Å². The van der Waals surface area contributed by atoms with E-state index < -0.39 is 0 Å². The van der Waals surface area contributed by atoms with Crippen molar-refractivity contribution in [3.05, 3.63) is 35.4 Å². The highest BCUT2D eigenvalue weighted by molar-refractivity contribution is 5.26. The standard InChI is InChI=1S/C14H21NO/c15-16-10-9-12-5-4-8-14(11-12)13-6-2-1-3-7-13/h4-5,8,11,13H,1-3,6-7,9-10,15H2. The van der Waals surface area contributed by atoms with Gasteiger partial charge >= 0.3 is 0 Å². The predicted molar refractivity (Wildman–Crippen MR) is 66.1 cm³/mol. The molecule has 0 amide bonds. The molecule has 88 valence electrons. The Morgan fingerprint density at radius 2 is 2.00 bits per heavy atom. The summed E-state index contributed by atoms with van der Waals surface area (Å²) in [5.41, 5.74) is 2.85. The predicted octanol–water partition coefficient (Wildman–Crippen LogP) is 3.17. The zero-order valence-electron chi connectivity index (χ0n) is 9.82. The minimum absolute atomic E-state index is 0.605. The second-order valence-electron chi connectivity index (χ2n) is 4.70. The molecular formula is C14H21NO. The van der Waals surface area contributed by atoms with E-state index in [4.69, 9.17) is 5.90 Å². The number of nitrogens with two attached hydrogens (primary N) is 1. The first-order valence-electron chi connectivity index (χ1n) is 6.30. The van der Waals surface area contributed by atoms with E-state index in [1.165, 1.54) is 43.2 Å². The quantitative estimate of drug-likeness (QED) is 0.789. The highest BCUT2D eigenvalue weighted by Gasteiger charge is 2.15. The molecule has 2 rings (SSSR count). The fourth-order valence-electron chi connectivity index (χ4n) is 2.62. The molecule has 0 spiro atoms. The monoisotopic (exact) mass is 219 g/mol. The number of rotatable bonds is 4. The second kappa shape index (κ2) is 6.02. The van der Waals surface area contributed by atoms with Gasteiger partial charge < -0.3 is 4.84 Å². The summed E-state index contributed by atoms with van der Waals surface area (Å²) in [5, 5.41) is 0. The summed E-state index contributed by atoms with van der Waals surface area (Å²) in [4.78, 5) is 4.63. The summed E-state index contributed by atoms with van der Waals surface area (Å²) < 4.78 is 0. The Morgan fingerprint density at radius 1 is 1.19 bits per heavy atom. The lowest BCUT2D eigenvalue weighted by atomic mass is 9.83. The number of hydrogen-bond acceptors (Lipinski definition) is 2. The van der Waals surface area contributed by atoms with Gasteiger partial charge in [0.25, 0.3) is 0 Å². The Balaban J connectivity index is 2.02. The van der Waals surface area contributed by atoms with Gasteiger partial charge in [0.2, 0.25) is 0 Å². The van der Waals surface area contributed by atoms with Crippen LogP contribution >= 0.6 is 0 Å². The molecule has 1 aromatic rings. The van der Waals surface area contributed by atoms with Crippen LogP contribution in [-0.2, 0) is 11.3 Å². The first kappa shape index (κ1) is 11.6. The molecule has 1 aromatic carbocycles. The molecule has 0 heterocycles. The Labute approximate surface area is 97.8 Å². The second-order valence-corrected chi connectivity index (χ2v) is 4.70. The maximum absolute atomic E-state index is 5.06. The van der Waals surface area contributed by atoms with Gasteiger partial charge in [-0.25, -0.2) is 5.90 Å². The molecule has 0 atom stereocenters. The van der Waals surface area contributed by atoms with Gasteiger partial charge in [-0.3, -0.25) is 0 Å². The molecule has 1 aliphatic rings. The molecule has 2 nitrogen and oxygen atoms in total. The summed E-state index contributed by atoms with van der Waals surface area (Å²) in [6, 6.07) is 8.92. The number of benzene rings is 1. The van der Waals surface area contributed by atoms with E-state index in [1.54, 1.807) is 0 Å². The topological polar surface area (TPSA) is 35.2 Å². The summed E-state index contributed by atoms with van der Waals surface area (Å²) in [5.74, 6) is 5.84. The fraction of sp³-hybridized carbons (Fsp3) is 0.571. The van der Waals surface area contributed by atoms with Gasteiger partial charge in [-0.15, -0.1) is 0 Å². The Kier molecular flexibility index (Phi) is 4.37. The van der Waals surface area contributed by atoms with E-state index >= 15 is 0 Å². The van der Waals surface area contributed by atoms with E-state index in [-0.39, 0.29) is 0 Å². The van der Waals surface area contributed by atoms with Crippen LogP contribution in [-0.4, -0.2) is 6.61 Å². The van der Waals surface area contributed by atoms with Gasteiger partial charge in [-0.1, -0.05) is 43.5 Å². The van der Waals surface area contributed by atoms with Crippen molar-refractivity contribution in [3.63, 3.8) is 0 Å². The largest absolute Gasteiger partial charge is 0.304 e. The smallest absolute Gasteiger partial charge is 0.0719 e. The lowest BCUT2D eigenvalue weighted by molar-refractivity contribution is 0.141. The lowest BCUT2D eigenvalue weighted by Gasteiger charge is -2.22. The van der Waals surface area contributed by atoms with Crippen LogP contribution in [0.1, 0.15) is 49.1 Å². The number of hydrogen-bond donors (Lipinski definition) is 1. The van der Waals surface area contributed by atoms with Crippen LogP contribution in [0.2, 0.25) is 0 Å². The van der Waals surface area contributed by atoms with Crippen LogP contribution in [0, 0.1) is 0 Å². The molecule has 0 radical (unpaired) electrons. The first-order chi connectivity index (χ1) is 7.90. The summed E-state index contributed by atoms with van der Waals surface area (Å²) in [7, 11) is 0. The van der Waals surface area contributed by atoms with E-state index in [0.29, 0.717) is 6.61 Å². The van der Waals surface area contributed by atoms with Gasteiger partial charge in [0.05, 0.1) is 6.61 Å². The molecule has 1 aliphatic carbocycles. The minimum Gasteiger partial charge on any atom is -0.304 e. The average Bonchev–Trinajstić information content (AvgIpc) is 2.38. The van der Waals surface area contributed by atoms with E-state index in [9.17, 15) is 0 Å². The summed E-state index contributed by atoms with van der Waals surface area (Å²) >= 11 is 0. The van der Waals surface area contributed by atoms with Crippen molar-refractivity contribution in [3.8, 4) is 0 Å². The van der Waals surface area contributed by atoms with Crippen LogP contribution in [0.4, 0.5) is 0 Å². The third-order valence-corrected chi connectivity index (χ3v) is 3.54. The van der Waals surface area contributed by atoms with Crippen LogP contribution in [0.3, 0.4) is 0 Å². The summed E-state index contributed by atoms with van der Waals surface area (Å²) in [6.45, 7) is 0.605. The molecule has 0 unspecified atom stereocenters. The molecular weight excluding hydrogens is 198 g/mol. The van der Waals surface area contributed by atoms with Crippen LogP contribution in [0.15, 0.2) is 24.3 Å². The van der Waals surface area contributed by atoms with Crippen LogP contribution in [0.5, 0.6) is 0 Å². The van der Waals surface area contributed by atoms with Crippen molar-refractivity contribution in [1.29, 1.82) is 0 Å². The Bertz CT molecular complexity index is 318. The van der Waals surface area contributed by atoms with Crippen molar-refractivity contribution >= 4 is 0 Å². The Morgan fingerprint density at radius 3 is 2.75 bits per heavy atom. The third kappa shape index (κ3) is 3.06. The normalized spacial score (nSPS) is 17.6. The van der Waals surface area contributed by atoms with Gasteiger partial charge in [0.1, 0.15) is 0 Å². The van der Waals surface area contributed by atoms with Gasteiger partial charge in [0, 0.05) is 0 Å². The molecule has 0 aliphatic heterocycles. The van der Waals surface area contributed by atoms with E-state index in [2.05, 4.69) is 29.1 Å². The lowest BCUT2D eigenvalue weighted by Crippen LogP contribution is -2.06. The van der Waals surface area contributed by atoms with Gasteiger partial charge in [0.15, 0.2) is 0 Å². The SMILES string of the molecule is NOCCc1cccc(C2CCCCC2)c1. The van der Waals surface area contributed by atoms with Crippen molar-refractivity contribution < 1.29 is 4.84 Å². The zero-order valence-corrected chi connectivity index (χ0v) is 9.82. The maximum Gasteiger partial charge on any atom is 0.0719 e. The van der Waals surface area contributed by atoms with Gasteiger partial charge in [-0.2, -0.15) is 0 Å². The first-order valence-corrected chi connectivity index (χ1v) is 6.30.